The Labute approximate surface area is 197 Å². The van der Waals surface area contributed by atoms with Gasteiger partial charge in [0.1, 0.15) is 28.3 Å². The lowest BCUT2D eigenvalue weighted by Crippen LogP contribution is -2.07. The van der Waals surface area contributed by atoms with Crippen LogP contribution >= 0.6 is 23.2 Å². The second kappa shape index (κ2) is 12.9. The summed E-state index contributed by atoms with van der Waals surface area (Å²) in [7, 11) is 0. The van der Waals surface area contributed by atoms with Crippen LogP contribution in [0.5, 0.6) is 17.2 Å². The van der Waals surface area contributed by atoms with E-state index in [2.05, 4.69) is 13.8 Å². The molecule has 0 aliphatic heterocycles. The predicted octanol–water partition coefficient (Wildman–Crippen LogP) is 7.77. The number of benzene rings is 2. The maximum atomic E-state index is 12.6. The summed E-state index contributed by atoms with van der Waals surface area (Å²) < 4.78 is 55.2. The molecule has 0 aliphatic rings. The first kappa shape index (κ1) is 26.2. The first-order chi connectivity index (χ1) is 15.2. The van der Waals surface area contributed by atoms with Crippen molar-refractivity contribution in [1.82, 2.24) is 0 Å². The number of hydrogen-bond donors (Lipinski definition) is 0. The van der Waals surface area contributed by atoms with Crippen molar-refractivity contribution in [3.8, 4) is 17.2 Å². The van der Waals surface area contributed by atoms with Gasteiger partial charge < -0.3 is 14.2 Å². The van der Waals surface area contributed by atoms with Gasteiger partial charge in [-0.3, -0.25) is 0 Å². The molecular weight excluding hydrogens is 464 g/mol. The van der Waals surface area contributed by atoms with Crippen LogP contribution in [0.3, 0.4) is 0 Å². The van der Waals surface area contributed by atoms with Crippen LogP contribution in [0.2, 0.25) is 0 Å². The zero-order valence-corrected chi connectivity index (χ0v) is 19.6. The van der Waals surface area contributed by atoms with E-state index in [9.17, 15) is 13.2 Å². The number of rotatable bonds is 12. The van der Waals surface area contributed by atoms with Crippen molar-refractivity contribution in [1.29, 1.82) is 0 Å². The Morgan fingerprint density at radius 1 is 0.844 bits per heavy atom. The van der Waals surface area contributed by atoms with Crippen LogP contribution in [-0.4, -0.2) is 19.8 Å². The standard InChI is InChI=1S/C24H27Cl2F3O3/c1-3-17-15-21(31-14-11-22(25)26)16-18(4-2)23(17)32-13-6-5-12-30-20-9-7-19(8-10-20)24(27,28)29/h7-11,15-16H,3-6,12-14H2,1-2H3. The average molecular weight is 491 g/mol. The largest absolute Gasteiger partial charge is 0.494 e. The number of ether oxygens (including phenoxy) is 3. The highest BCUT2D eigenvalue weighted by Gasteiger charge is 2.30. The van der Waals surface area contributed by atoms with Crippen molar-refractivity contribution in [2.45, 2.75) is 45.7 Å². The number of aryl methyl sites for hydroxylation is 2. The van der Waals surface area contributed by atoms with Gasteiger partial charge in [0.2, 0.25) is 0 Å². The van der Waals surface area contributed by atoms with Gasteiger partial charge in [0.05, 0.1) is 18.8 Å². The summed E-state index contributed by atoms with van der Waals surface area (Å²) in [6.45, 7) is 5.31. The van der Waals surface area contributed by atoms with Crippen molar-refractivity contribution < 1.29 is 27.4 Å². The van der Waals surface area contributed by atoms with E-state index < -0.39 is 11.7 Å². The summed E-state index contributed by atoms with van der Waals surface area (Å²) in [5, 5.41) is 0. The Hall–Kier alpha value is -2.05. The number of halogens is 5. The zero-order chi connectivity index (χ0) is 23.6. The Morgan fingerprint density at radius 2 is 1.41 bits per heavy atom. The maximum Gasteiger partial charge on any atom is 0.416 e. The van der Waals surface area contributed by atoms with Crippen molar-refractivity contribution in [3.05, 3.63) is 63.7 Å². The second-order valence-corrected chi connectivity index (χ2v) is 8.02. The molecule has 2 aromatic carbocycles. The zero-order valence-electron chi connectivity index (χ0n) is 18.1. The molecule has 3 nitrogen and oxygen atoms in total. The molecule has 0 spiro atoms. The molecule has 0 fully saturated rings. The molecule has 2 aromatic rings. The van der Waals surface area contributed by atoms with Gasteiger partial charge in [0, 0.05) is 0 Å². The van der Waals surface area contributed by atoms with Gasteiger partial charge >= 0.3 is 6.18 Å². The number of hydrogen-bond acceptors (Lipinski definition) is 3. The molecule has 0 bridgehead atoms. The fourth-order valence-electron chi connectivity index (χ4n) is 3.03. The highest BCUT2D eigenvalue weighted by atomic mass is 35.5. The van der Waals surface area contributed by atoms with Gasteiger partial charge in [-0.1, -0.05) is 37.0 Å². The van der Waals surface area contributed by atoms with E-state index in [1.54, 1.807) is 6.08 Å². The molecule has 0 heterocycles. The average Bonchev–Trinajstić information content (AvgIpc) is 2.75. The Kier molecular flexibility index (Phi) is 10.5. The minimum atomic E-state index is -4.34. The SMILES string of the molecule is CCc1cc(OCC=C(Cl)Cl)cc(CC)c1OCCCCOc1ccc(C(F)(F)F)cc1. The Bertz CT molecular complexity index is 852. The minimum absolute atomic E-state index is 0.165. The third-order valence-corrected chi connectivity index (χ3v) is 5.01. The third kappa shape index (κ3) is 8.47. The molecule has 8 heteroatoms. The van der Waals surface area contributed by atoms with Gasteiger partial charge in [-0.05, 0) is 79.3 Å². The fourth-order valence-corrected chi connectivity index (χ4v) is 3.15. The van der Waals surface area contributed by atoms with Crippen molar-refractivity contribution in [3.63, 3.8) is 0 Å². The number of unbranched alkanes of at least 4 members (excludes halogenated alkanes) is 1. The topological polar surface area (TPSA) is 27.7 Å². The van der Waals surface area contributed by atoms with E-state index in [1.807, 2.05) is 12.1 Å². The lowest BCUT2D eigenvalue weighted by atomic mass is 10.0. The van der Waals surface area contributed by atoms with E-state index in [1.165, 1.54) is 12.1 Å². The molecule has 0 aromatic heterocycles. The molecular formula is C24H27Cl2F3O3. The van der Waals surface area contributed by atoms with Crippen LogP contribution in [0.25, 0.3) is 0 Å². The summed E-state index contributed by atoms with van der Waals surface area (Å²) in [4.78, 5) is 0. The molecule has 2 rings (SSSR count). The van der Waals surface area contributed by atoms with Crippen molar-refractivity contribution in [2.75, 3.05) is 19.8 Å². The third-order valence-electron chi connectivity index (χ3n) is 4.70. The Balaban J connectivity index is 1.83. The second-order valence-electron chi connectivity index (χ2n) is 7.01. The van der Waals surface area contributed by atoms with Crippen LogP contribution < -0.4 is 14.2 Å². The normalized spacial score (nSPS) is 11.2. The van der Waals surface area contributed by atoms with Crippen LogP contribution in [0.4, 0.5) is 13.2 Å². The first-order valence-electron chi connectivity index (χ1n) is 10.5. The first-order valence-corrected chi connectivity index (χ1v) is 11.2. The van der Waals surface area contributed by atoms with Crippen LogP contribution in [0, 0.1) is 0 Å². The molecule has 0 saturated carbocycles. The van der Waals surface area contributed by atoms with Gasteiger partial charge in [-0.25, -0.2) is 0 Å². The van der Waals surface area contributed by atoms with Crippen molar-refractivity contribution >= 4 is 23.2 Å². The monoisotopic (exact) mass is 490 g/mol. The lowest BCUT2D eigenvalue weighted by Gasteiger charge is -2.17. The van der Waals surface area contributed by atoms with E-state index in [0.717, 1.165) is 60.4 Å². The minimum Gasteiger partial charge on any atom is -0.494 e. The van der Waals surface area contributed by atoms with Crippen LogP contribution in [0.1, 0.15) is 43.4 Å². The number of alkyl halides is 3. The molecule has 0 atom stereocenters. The van der Waals surface area contributed by atoms with Gasteiger partial charge in [0.25, 0.3) is 0 Å². The molecule has 176 valence electrons. The smallest absolute Gasteiger partial charge is 0.416 e. The van der Waals surface area contributed by atoms with Gasteiger partial charge in [0.15, 0.2) is 0 Å². The maximum absolute atomic E-state index is 12.6. The van der Waals surface area contributed by atoms with E-state index >= 15 is 0 Å². The van der Waals surface area contributed by atoms with Gasteiger partial charge in [-0.2, -0.15) is 13.2 Å². The molecule has 0 amide bonds. The van der Waals surface area contributed by atoms with E-state index in [4.69, 9.17) is 37.4 Å². The summed E-state index contributed by atoms with van der Waals surface area (Å²) >= 11 is 11.2. The van der Waals surface area contributed by atoms with Crippen LogP contribution in [-0.2, 0) is 19.0 Å². The molecule has 0 unspecified atom stereocenters. The summed E-state index contributed by atoms with van der Waals surface area (Å²) in [6.07, 6.45) is 0.299. The summed E-state index contributed by atoms with van der Waals surface area (Å²) in [6, 6.07) is 8.62. The van der Waals surface area contributed by atoms with E-state index in [-0.39, 0.29) is 11.1 Å². The van der Waals surface area contributed by atoms with Crippen molar-refractivity contribution in [2.24, 2.45) is 0 Å². The molecule has 0 saturated heterocycles. The summed E-state index contributed by atoms with van der Waals surface area (Å²) in [5.74, 6) is 2.03. The van der Waals surface area contributed by atoms with Crippen LogP contribution in [0.15, 0.2) is 47.0 Å². The molecule has 0 radical (unpaired) electrons. The predicted molar refractivity (Wildman–Crippen MR) is 122 cm³/mol. The summed E-state index contributed by atoms with van der Waals surface area (Å²) in [5.41, 5.74) is 1.43. The highest BCUT2D eigenvalue weighted by Crippen LogP contribution is 2.32. The fraction of sp³-hybridized carbons (Fsp3) is 0.417. The quantitative estimate of drug-likeness (QED) is 0.284. The molecule has 0 N–H and O–H groups in total. The molecule has 0 aliphatic carbocycles. The van der Waals surface area contributed by atoms with Gasteiger partial charge in [-0.15, -0.1) is 0 Å². The lowest BCUT2D eigenvalue weighted by molar-refractivity contribution is -0.137. The highest BCUT2D eigenvalue weighted by molar-refractivity contribution is 6.55. The Morgan fingerprint density at radius 3 is 1.91 bits per heavy atom. The molecule has 32 heavy (non-hydrogen) atoms. The van der Waals surface area contributed by atoms with E-state index in [0.29, 0.717) is 19.0 Å².